The van der Waals surface area contributed by atoms with Crippen LogP contribution >= 0.6 is 12.4 Å². The van der Waals surface area contributed by atoms with E-state index in [0.29, 0.717) is 18.2 Å². The van der Waals surface area contributed by atoms with E-state index in [1.165, 1.54) is 6.42 Å². The van der Waals surface area contributed by atoms with Crippen molar-refractivity contribution in [2.45, 2.75) is 32.6 Å². The molecule has 0 radical (unpaired) electrons. The van der Waals surface area contributed by atoms with Gasteiger partial charge in [0.15, 0.2) is 0 Å². The molecule has 0 bridgehead atoms. The summed E-state index contributed by atoms with van der Waals surface area (Å²) >= 11 is 0. The van der Waals surface area contributed by atoms with Crippen LogP contribution in [0.25, 0.3) is 0 Å². The lowest BCUT2D eigenvalue weighted by Crippen LogP contribution is -2.41. The molecule has 0 aromatic heterocycles. The molecular formula is C13H27ClN2O2. The number of rotatable bonds is 7. The van der Waals surface area contributed by atoms with Gasteiger partial charge in [-0.05, 0) is 45.7 Å². The summed E-state index contributed by atoms with van der Waals surface area (Å²) in [6, 6.07) is 0. The van der Waals surface area contributed by atoms with Crippen LogP contribution in [0.2, 0.25) is 0 Å². The summed E-state index contributed by atoms with van der Waals surface area (Å²) in [5.41, 5.74) is 0. The van der Waals surface area contributed by atoms with Gasteiger partial charge in [-0.15, -0.1) is 12.4 Å². The summed E-state index contributed by atoms with van der Waals surface area (Å²) < 4.78 is 5.45. The topological polar surface area (TPSA) is 41.6 Å². The Hall–Kier alpha value is -0.320. The zero-order chi connectivity index (χ0) is 12.5. The summed E-state index contributed by atoms with van der Waals surface area (Å²) in [5, 5.41) is 3.07. The quantitative estimate of drug-likeness (QED) is 0.721. The van der Waals surface area contributed by atoms with E-state index in [4.69, 9.17) is 4.74 Å². The number of halogens is 1. The molecule has 1 unspecified atom stereocenters. The van der Waals surface area contributed by atoms with Crippen molar-refractivity contribution in [3.8, 4) is 0 Å². The number of nitrogens with zero attached hydrogens (tertiary/aromatic N) is 1. The molecule has 108 valence electrons. The van der Waals surface area contributed by atoms with Crippen LogP contribution < -0.4 is 5.32 Å². The minimum Gasteiger partial charge on any atom is -0.381 e. The van der Waals surface area contributed by atoms with Crippen molar-refractivity contribution in [2.75, 3.05) is 39.9 Å². The average molecular weight is 279 g/mol. The van der Waals surface area contributed by atoms with Gasteiger partial charge in [0.05, 0.1) is 6.61 Å². The van der Waals surface area contributed by atoms with Crippen molar-refractivity contribution in [1.82, 2.24) is 10.2 Å². The fourth-order valence-corrected chi connectivity index (χ4v) is 2.29. The van der Waals surface area contributed by atoms with Crippen LogP contribution in [0.15, 0.2) is 0 Å². The van der Waals surface area contributed by atoms with Gasteiger partial charge in [-0.1, -0.05) is 0 Å². The van der Waals surface area contributed by atoms with Crippen molar-refractivity contribution >= 4 is 18.3 Å². The third-order valence-electron chi connectivity index (χ3n) is 3.25. The highest BCUT2D eigenvalue weighted by molar-refractivity contribution is 5.85. The lowest BCUT2D eigenvalue weighted by molar-refractivity contribution is -0.133. The fraction of sp³-hybridized carbons (Fsp3) is 0.923. The number of likely N-dealkylation sites (tertiary alicyclic amines) is 1. The zero-order valence-electron chi connectivity index (χ0n) is 11.6. The van der Waals surface area contributed by atoms with Crippen LogP contribution in [-0.2, 0) is 9.53 Å². The second-order valence-corrected chi connectivity index (χ2v) is 4.71. The Labute approximate surface area is 117 Å². The van der Waals surface area contributed by atoms with E-state index in [0.717, 1.165) is 45.7 Å². The van der Waals surface area contributed by atoms with Crippen molar-refractivity contribution in [3.05, 3.63) is 0 Å². The molecule has 1 aliphatic heterocycles. The first-order valence-corrected chi connectivity index (χ1v) is 6.78. The third-order valence-corrected chi connectivity index (χ3v) is 3.25. The molecule has 5 heteroatoms. The number of piperidine rings is 1. The zero-order valence-corrected chi connectivity index (χ0v) is 12.4. The van der Waals surface area contributed by atoms with Crippen molar-refractivity contribution in [1.29, 1.82) is 0 Å². The number of hydrogen-bond acceptors (Lipinski definition) is 3. The van der Waals surface area contributed by atoms with Crippen LogP contribution in [-0.4, -0.2) is 50.7 Å². The van der Waals surface area contributed by atoms with E-state index in [9.17, 15) is 4.79 Å². The molecule has 1 fully saturated rings. The van der Waals surface area contributed by atoms with Gasteiger partial charge >= 0.3 is 0 Å². The van der Waals surface area contributed by atoms with Gasteiger partial charge in [-0.25, -0.2) is 0 Å². The number of hydrogen-bond donors (Lipinski definition) is 1. The first kappa shape index (κ1) is 17.7. The highest BCUT2D eigenvalue weighted by atomic mass is 35.5. The molecular weight excluding hydrogens is 252 g/mol. The van der Waals surface area contributed by atoms with Gasteiger partial charge in [0.1, 0.15) is 0 Å². The van der Waals surface area contributed by atoms with Crippen LogP contribution in [0.5, 0.6) is 0 Å². The molecule has 1 N–H and O–H groups in total. The monoisotopic (exact) mass is 278 g/mol. The predicted octanol–water partition coefficient (Wildman–Crippen LogP) is 1.68. The Morgan fingerprint density at radius 1 is 1.50 bits per heavy atom. The molecule has 18 heavy (non-hydrogen) atoms. The maximum absolute atomic E-state index is 11.9. The maximum Gasteiger partial charge on any atom is 0.222 e. The van der Waals surface area contributed by atoms with E-state index in [-0.39, 0.29) is 12.4 Å². The number of carbonyl (C=O) groups excluding carboxylic acids is 1. The smallest absolute Gasteiger partial charge is 0.222 e. The summed E-state index contributed by atoms with van der Waals surface area (Å²) in [4.78, 5) is 14.0. The van der Waals surface area contributed by atoms with Gasteiger partial charge in [-0.2, -0.15) is 0 Å². The van der Waals surface area contributed by atoms with E-state index in [1.54, 1.807) is 0 Å². The number of amides is 1. The second kappa shape index (κ2) is 10.6. The minimum absolute atomic E-state index is 0. The first-order valence-electron chi connectivity index (χ1n) is 6.78. The van der Waals surface area contributed by atoms with E-state index < -0.39 is 0 Å². The molecule has 1 aliphatic rings. The summed E-state index contributed by atoms with van der Waals surface area (Å²) in [7, 11) is 1.92. The lowest BCUT2D eigenvalue weighted by Gasteiger charge is -2.32. The van der Waals surface area contributed by atoms with Gasteiger partial charge in [0, 0.05) is 26.1 Å². The molecule has 1 atom stereocenters. The predicted molar refractivity (Wildman–Crippen MR) is 76.2 cm³/mol. The van der Waals surface area contributed by atoms with Crippen molar-refractivity contribution in [3.63, 3.8) is 0 Å². The Bertz CT molecular complexity index is 227. The Morgan fingerprint density at radius 2 is 2.28 bits per heavy atom. The van der Waals surface area contributed by atoms with Crippen LogP contribution in [0, 0.1) is 5.92 Å². The summed E-state index contributed by atoms with van der Waals surface area (Å²) in [6.45, 7) is 6.33. The molecule has 0 aromatic rings. The Morgan fingerprint density at radius 3 is 2.94 bits per heavy atom. The van der Waals surface area contributed by atoms with Crippen molar-refractivity contribution in [2.24, 2.45) is 5.92 Å². The molecule has 0 aromatic carbocycles. The van der Waals surface area contributed by atoms with Gasteiger partial charge in [0.25, 0.3) is 0 Å². The Balaban J connectivity index is 0.00000289. The lowest BCUT2D eigenvalue weighted by atomic mass is 9.98. The molecule has 4 nitrogen and oxygen atoms in total. The number of carbonyl (C=O) groups is 1. The van der Waals surface area contributed by atoms with Crippen LogP contribution in [0.1, 0.15) is 32.6 Å². The molecule has 0 saturated carbocycles. The highest BCUT2D eigenvalue weighted by Crippen LogP contribution is 2.17. The molecule has 1 amide bonds. The molecule has 1 saturated heterocycles. The number of nitrogens with one attached hydrogen (secondary N) is 1. The van der Waals surface area contributed by atoms with E-state index >= 15 is 0 Å². The van der Waals surface area contributed by atoms with Gasteiger partial charge in [-0.3, -0.25) is 4.79 Å². The molecule has 0 aliphatic carbocycles. The first-order chi connectivity index (χ1) is 8.27. The fourth-order valence-electron chi connectivity index (χ4n) is 2.29. The van der Waals surface area contributed by atoms with Crippen LogP contribution in [0.4, 0.5) is 0 Å². The molecule has 1 rings (SSSR count). The highest BCUT2D eigenvalue weighted by Gasteiger charge is 2.23. The maximum atomic E-state index is 11.9. The second-order valence-electron chi connectivity index (χ2n) is 4.71. The van der Waals surface area contributed by atoms with E-state index in [2.05, 4.69) is 5.32 Å². The molecule has 0 spiro atoms. The Kier molecular flexibility index (Phi) is 10.4. The van der Waals surface area contributed by atoms with E-state index in [1.807, 2.05) is 18.9 Å². The van der Waals surface area contributed by atoms with Gasteiger partial charge in [0.2, 0.25) is 5.91 Å². The van der Waals surface area contributed by atoms with Crippen LogP contribution in [0.3, 0.4) is 0 Å². The normalized spacial score (nSPS) is 19.4. The minimum atomic E-state index is 0. The van der Waals surface area contributed by atoms with Gasteiger partial charge < -0.3 is 15.0 Å². The SMILES string of the molecule is CCOCC1CCCN(C(=O)CCCNC)C1.Cl. The molecule has 1 heterocycles. The summed E-state index contributed by atoms with van der Waals surface area (Å²) in [6.07, 6.45) is 3.92. The third kappa shape index (κ3) is 6.57. The van der Waals surface area contributed by atoms with Crippen molar-refractivity contribution < 1.29 is 9.53 Å². The largest absolute Gasteiger partial charge is 0.381 e. The summed E-state index contributed by atoms with van der Waals surface area (Å²) in [5.74, 6) is 0.846. The standard InChI is InChI=1S/C13H26N2O2.ClH/c1-3-17-11-12-6-5-9-15(10-12)13(16)7-4-8-14-2;/h12,14H,3-11H2,1-2H3;1H. The number of ether oxygens (including phenoxy) is 1. The average Bonchev–Trinajstić information content (AvgIpc) is 2.37.